The number of carboxylic acids is 1. The average Bonchev–Trinajstić information content (AvgIpc) is 2.41. The van der Waals surface area contributed by atoms with E-state index in [1.807, 2.05) is 30.3 Å². The van der Waals surface area contributed by atoms with Gasteiger partial charge in [-0.15, -0.1) is 0 Å². The first-order valence-electron chi connectivity index (χ1n) is 6.36. The molecule has 18 heavy (non-hydrogen) atoms. The van der Waals surface area contributed by atoms with Crippen molar-refractivity contribution in [2.75, 3.05) is 19.8 Å². The molecule has 0 spiro atoms. The molecule has 1 atom stereocenters. The van der Waals surface area contributed by atoms with Gasteiger partial charge in [0.05, 0.1) is 5.92 Å². The molecule has 1 aromatic carbocycles. The van der Waals surface area contributed by atoms with Gasteiger partial charge in [0.15, 0.2) is 0 Å². The zero-order chi connectivity index (χ0) is 12.8. The van der Waals surface area contributed by atoms with Crippen LogP contribution in [0.1, 0.15) is 24.3 Å². The Bertz CT molecular complexity index is 374. The highest BCUT2D eigenvalue weighted by Crippen LogP contribution is 2.16. The zero-order valence-corrected chi connectivity index (χ0v) is 10.3. The maximum absolute atomic E-state index is 11.3. The summed E-state index contributed by atoms with van der Waals surface area (Å²) in [6, 6.07) is 9.76. The van der Waals surface area contributed by atoms with E-state index in [9.17, 15) is 9.90 Å². The molecule has 4 nitrogen and oxygen atoms in total. The molecule has 0 radical (unpaired) electrons. The second-order valence-electron chi connectivity index (χ2n) is 4.60. The van der Waals surface area contributed by atoms with Crippen molar-refractivity contribution in [3.05, 3.63) is 35.9 Å². The molecule has 0 bridgehead atoms. The van der Waals surface area contributed by atoms with Crippen molar-refractivity contribution in [3.8, 4) is 0 Å². The molecular formula is C14H19NO3. The van der Waals surface area contributed by atoms with Crippen LogP contribution in [-0.2, 0) is 9.53 Å². The van der Waals surface area contributed by atoms with Gasteiger partial charge < -0.3 is 15.2 Å². The Kier molecular flexibility index (Phi) is 4.73. The van der Waals surface area contributed by atoms with E-state index in [-0.39, 0.29) is 0 Å². The van der Waals surface area contributed by atoms with Crippen LogP contribution in [0.5, 0.6) is 0 Å². The molecule has 1 saturated heterocycles. The topological polar surface area (TPSA) is 58.6 Å². The van der Waals surface area contributed by atoms with Gasteiger partial charge in [-0.05, 0) is 18.4 Å². The van der Waals surface area contributed by atoms with E-state index in [2.05, 4.69) is 5.32 Å². The summed E-state index contributed by atoms with van der Waals surface area (Å²) < 4.78 is 5.28. The first-order valence-corrected chi connectivity index (χ1v) is 6.36. The number of carboxylic acid groups (broad SMARTS) is 1. The van der Waals surface area contributed by atoms with E-state index in [0.717, 1.165) is 31.6 Å². The Hall–Kier alpha value is -1.39. The summed E-state index contributed by atoms with van der Waals surface area (Å²) in [4.78, 5) is 11.3. The van der Waals surface area contributed by atoms with Gasteiger partial charge in [0, 0.05) is 25.8 Å². The van der Waals surface area contributed by atoms with E-state index in [0.29, 0.717) is 12.6 Å². The lowest BCUT2D eigenvalue weighted by molar-refractivity contribution is -0.138. The third-order valence-electron chi connectivity index (χ3n) is 3.33. The minimum Gasteiger partial charge on any atom is -0.481 e. The highest BCUT2D eigenvalue weighted by molar-refractivity contribution is 5.76. The normalized spacial score (nSPS) is 18.4. The molecule has 2 rings (SSSR count). The third kappa shape index (κ3) is 3.55. The molecule has 2 N–H and O–H groups in total. The smallest absolute Gasteiger partial charge is 0.312 e. The second-order valence-corrected chi connectivity index (χ2v) is 4.60. The summed E-state index contributed by atoms with van der Waals surface area (Å²) in [6.07, 6.45) is 1.92. The van der Waals surface area contributed by atoms with Gasteiger partial charge in [0.25, 0.3) is 0 Å². The first-order chi connectivity index (χ1) is 8.77. The van der Waals surface area contributed by atoms with Crippen LogP contribution in [0.2, 0.25) is 0 Å². The number of ether oxygens (including phenoxy) is 1. The minimum atomic E-state index is -0.777. The molecule has 1 fully saturated rings. The molecule has 0 aromatic heterocycles. The van der Waals surface area contributed by atoms with Gasteiger partial charge in [-0.3, -0.25) is 4.79 Å². The maximum Gasteiger partial charge on any atom is 0.312 e. The quantitative estimate of drug-likeness (QED) is 0.832. The lowest BCUT2D eigenvalue weighted by Crippen LogP contribution is -2.38. The molecule has 0 amide bonds. The fraction of sp³-hybridized carbons (Fsp3) is 0.500. The number of hydrogen-bond acceptors (Lipinski definition) is 3. The number of carbonyl (C=O) groups is 1. The summed E-state index contributed by atoms with van der Waals surface area (Å²) in [6.45, 7) is 2.01. The molecule has 1 aliphatic rings. The van der Waals surface area contributed by atoms with Crippen molar-refractivity contribution in [2.45, 2.75) is 24.8 Å². The third-order valence-corrected chi connectivity index (χ3v) is 3.33. The van der Waals surface area contributed by atoms with Crippen molar-refractivity contribution in [1.29, 1.82) is 0 Å². The van der Waals surface area contributed by atoms with Crippen LogP contribution < -0.4 is 5.32 Å². The fourth-order valence-electron chi connectivity index (χ4n) is 2.22. The van der Waals surface area contributed by atoms with Crippen LogP contribution in [0.15, 0.2) is 30.3 Å². The number of nitrogens with one attached hydrogen (secondary N) is 1. The predicted octanol–water partition coefficient (Wildman–Crippen LogP) is 1.62. The van der Waals surface area contributed by atoms with Crippen LogP contribution >= 0.6 is 0 Å². The lowest BCUT2D eigenvalue weighted by atomic mass is 9.98. The number of hydrogen-bond donors (Lipinski definition) is 2. The highest BCUT2D eigenvalue weighted by atomic mass is 16.5. The van der Waals surface area contributed by atoms with Crippen molar-refractivity contribution >= 4 is 5.97 Å². The predicted molar refractivity (Wildman–Crippen MR) is 68.7 cm³/mol. The van der Waals surface area contributed by atoms with Gasteiger partial charge in [-0.2, -0.15) is 0 Å². The molecule has 1 aliphatic heterocycles. The van der Waals surface area contributed by atoms with Crippen LogP contribution in [-0.4, -0.2) is 36.9 Å². The van der Waals surface area contributed by atoms with Crippen LogP contribution in [0.25, 0.3) is 0 Å². The van der Waals surface area contributed by atoms with Crippen LogP contribution in [0.3, 0.4) is 0 Å². The summed E-state index contributed by atoms with van der Waals surface area (Å²) in [7, 11) is 0. The van der Waals surface area contributed by atoms with E-state index in [1.165, 1.54) is 0 Å². The fourth-order valence-corrected chi connectivity index (χ4v) is 2.22. The maximum atomic E-state index is 11.3. The summed E-state index contributed by atoms with van der Waals surface area (Å²) in [5.41, 5.74) is 0.851. The molecule has 1 aromatic rings. The van der Waals surface area contributed by atoms with Gasteiger partial charge in [-0.1, -0.05) is 30.3 Å². The van der Waals surface area contributed by atoms with Gasteiger partial charge in [0.2, 0.25) is 0 Å². The number of benzene rings is 1. The zero-order valence-electron chi connectivity index (χ0n) is 10.3. The minimum absolute atomic E-state index is 0.379. The highest BCUT2D eigenvalue weighted by Gasteiger charge is 2.21. The van der Waals surface area contributed by atoms with E-state index >= 15 is 0 Å². The first kappa shape index (κ1) is 13.1. The Labute approximate surface area is 107 Å². The Balaban J connectivity index is 1.92. The monoisotopic (exact) mass is 249 g/mol. The van der Waals surface area contributed by atoms with Gasteiger partial charge in [-0.25, -0.2) is 0 Å². The number of aliphatic carboxylic acids is 1. The largest absolute Gasteiger partial charge is 0.481 e. The molecular weight excluding hydrogens is 230 g/mol. The lowest BCUT2D eigenvalue weighted by Gasteiger charge is -2.25. The Morgan fingerprint density at radius 2 is 2.00 bits per heavy atom. The summed E-state index contributed by atoms with van der Waals surface area (Å²) in [5, 5.41) is 12.6. The summed E-state index contributed by atoms with van der Waals surface area (Å²) in [5.74, 6) is -1.25. The average molecular weight is 249 g/mol. The van der Waals surface area contributed by atoms with E-state index < -0.39 is 11.9 Å². The Morgan fingerprint density at radius 3 is 2.61 bits per heavy atom. The van der Waals surface area contributed by atoms with E-state index in [4.69, 9.17) is 4.74 Å². The standard InChI is InChI=1S/C14H19NO3/c16-14(17)13(11-4-2-1-3-5-11)10-15-12-6-8-18-9-7-12/h1-5,12-13,15H,6-10H2,(H,16,17). The molecule has 0 aliphatic carbocycles. The SMILES string of the molecule is O=C(O)C(CNC1CCOCC1)c1ccccc1. The molecule has 4 heteroatoms. The number of rotatable bonds is 5. The molecule has 98 valence electrons. The van der Waals surface area contributed by atoms with Gasteiger partial charge >= 0.3 is 5.97 Å². The van der Waals surface area contributed by atoms with Crippen molar-refractivity contribution < 1.29 is 14.6 Å². The Morgan fingerprint density at radius 1 is 1.33 bits per heavy atom. The van der Waals surface area contributed by atoms with E-state index in [1.54, 1.807) is 0 Å². The second kappa shape index (κ2) is 6.52. The summed E-state index contributed by atoms with van der Waals surface area (Å²) >= 11 is 0. The van der Waals surface area contributed by atoms with Gasteiger partial charge in [0.1, 0.15) is 0 Å². The van der Waals surface area contributed by atoms with Crippen molar-refractivity contribution in [3.63, 3.8) is 0 Å². The molecule has 1 unspecified atom stereocenters. The molecule has 1 heterocycles. The molecule has 0 saturated carbocycles. The van der Waals surface area contributed by atoms with Crippen molar-refractivity contribution in [2.24, 2.45) is 0 Å². The van der Waals surface area contributed by atoms with Crippen molar-refractivity contribution in [1.82, 2.24) is 5.32 Å². The van der Waals surface area contributed by atoms with Crippen LogP contribution in [0.4, 0.5) is 0 Å². The van der Waals surface area contributed by atoms with Crippen LogP contribution in [0, 0.1) is 0 Å².